The summed E-state index contributed by atoms with van der Waals surface area (Å²) in [6.45, 7) is 0. The van der Waals surface area contributed by atoms with Gasteiger partial charge in [-0.3, -0.25) is 4.79 Å². The Bertz CT molecular complexity index is 680. The molecule has 1 amide bonds. The molecule has 3 N–H and O–H groups in total. The zero-order chi connectivity index (χ0) is 15.6. The van der Waals surface area contributed by atoms with Gasteiger partial charge in [0.25, 0.3) is 0 Å². The van der Waals surface area contributed by atoms with Crippen LogP contribution in [0.25, 0.3) is 11.4 Å². The fourth-order valence-corrected chi connectivity index (χ4v) is 3.98. The van der Waals surface area contributed by atoms with Crippen molar-refractivity contribution in [2.45, 2.75) is 44.2 Å². The van der Waals surface area contributed by atoms with Crippen molar-refractivity contribution in [3.8, 4) is 11.4 Å². The molecule has 25 heavy (non-hydrogen) atoms. The highest BCUT2D eigenvalue weighted by Gasteiger charge is 2.34. The number of aromatic amines is 1. The minimum Gasteiger partial charge on any atom is -0.345 e. The summed E-state index contributed by atoms with van der Waals surface area (Å²) in [5.74, 6) is 1.45. The first-order valence-electron chi connectivity index (χ1n) is 8.42. The Morgan fingerprint density at radius 3 is 2.64 bits per heavy atom. The van der Waals surface area contributed by atoms with Crippen LogP contribution in [0.15, 0.2) is 36.7 Å². The number of aromatic nitrogens is 2. The first-order valence-corrected chi connectivity index (χ1v) is 8.42. The third-order valence-corrected chi connectivity index (χ3v) is 4.96. The average molecular weight is 383 g/mol. The van der Waals surface area contributed by atoms with Crippen molar-refractivity contribution in [1.82, 2.24) is 15.3 Å². The summed E-state index contributed by atoms with van der Waals surface area (Å²) in [6.07, 6.45) is 8.96. The van der Waals surface area contributed by atoms with E-state index in [1.165, 1.54) is 12.8 Å². The summed E-state index contributed by atoms with van der Waals surface area (Å²) in [5, 5.41) is 6.66. The van der Waals surface area contributed by atoms with E-state index in [1.807, 2.05) is 24.3 Å². The number of amides is 1. The number of nitrogens with one attached hydrogen (secondary N) is 3. The number of carbonyl (C=O) groups excluding carboxylic acids is 1. The zero-order valence-corrected chi connectivity index (χ0v) is 15.5. The van der Waals surface area contributed by atoms with Crippen molar-refractivity contribution >= 4 is 36.4 Å². The first kappa shape index (κ1) is 19.8. The van der Waals surface area contributed by atoms with Gasteiger partial charge in [-0.05, 0) is 43.7 Å². The van der Waals surface area contributed by atoms with Crippen LogP contribution in [0, 0.1) is 5.92 Å². The van der Waals surface area contributed by atoms with E-state index in [2.05, 4.69) is 20.6 Å². The first-order chi connectivity index (χ1) is 11.3. The van der Waals surface area contributed by atoms with Crippen molar-refractivity contribution in [3.63, 3.8) is 0 Å². The molecule has 2 aromatic rings. The van der Waals surface area contributed by atoms with Crippen LogP contribution in [-0.2, 0) is 4.79 Å². The van der Waals surface area contributed by atoms with Gasteiger partial charge in [-0.25, -0.2) is 4.98 Å². The standard InChI is InChI=1S/C18H22N4O.2ClH/c23-17(10-12-8-15-4-5-16(9-12)21-15)22-14-3-1-2-13(11-14)18-19-6-7-20-18;;/h1-3,6-7,11-12,15-16,21H,4-5,8-10H2,(H,19,20)(H,22,23);2*1H. The Hall–Kier alpha value is -1.56. The molecule has 2 bridgehead atoms. The average Bonchev–Trinajstić information content (AvgIpc) is 3.17. The summed E-state index contributed by atoms with van der Waals surface area (Å²) < 4.78 is 0. The van der Waals surface area contributed by atoms with Gasteiger partial charge in [-0.1, -0.05) is 12.1 Å². The normalized spacial score (nSPS) is 24.1. The van der Waals surface area contributed by atoms with E-state index < -0.39 is 0 Å². The van der Waals surface area contributed by atoms with Crippen LogP contribution in [0.5, 0.6) is 0 Å². The van der Waals surface area contributed by atoms with Crippen LogP contribution in [-0.4, -0.2) is 28.0 Å². The monoisotopic (exact) mass is 382 g/mol. The number of anilines is 1. The van der Waals surface area contributed by atoms with Gasteiger partial charge < -0.3 is 15.6 Å². The Morgan fingerprint density at radius 2 is 1.96 bits per heavy atom. The van der Waals surface area contributed by atoms with Gasteiger partial charge in [-0.2, -0.15) is 0 Å². The summed E-state index contributed by atoms with van der Waals surface area (Å²) in [4.78, 5) is 19.7. The minimum atomic E-state index is 0. The zero-order valence-electron chi connectivity index (χ0n) is 13.9. The molecule has 0 spiro atoms. The minimum absolute atomic E-state index is 0. The second-order valence-electron chi connectivity index (χ2n) is 6.75. The van der Waals surface area contributed by atoms with Crippen LogP contribution < -0.4 is 10.6 Å². The predicted octanol–water partition coefficient (Wildman–Crippen LogP) is 3.78. The number of hydrogen-bond acceptors (Lipinski definition) is 3. The lowest BCUT2D eigenvalue weighted by Gasteiger charge is -2.28. The van der Waals surface area contributed by atoms with E-state index in [4.69, 9.17) is 0 Å². The molecule has 2 fully saturated rings. The lowest BCUT2D eigenvalue weighted by Crippen LogP contribution is -2.39. The molecule has 2 aliphatic rings. The van der Waals surface area contributed by atoms with Gasteiger partial charge in [-0.15, -0.1) is 24.8 Å². The SMILES string of the molecule is Cl.Cl.O=C(CC1CC2CCC(C1)N2)Nc1cccc(-c2ncc[nH]2)c1. The molecule has 0 saturated carbocycles. The smallest absolute Gasteiger partial charge is 0.224 e. The summed E-state index contributed by atoms with van der Waals surface area (Å²) >= 11 is 0. The van der Waals surface area contributed by atoms with E-state index in [0.717, 1.165) is 29.9 Å². The highest BCUT2D eigenvalue weighted by molar-refractivity contribution is 5.91. The number of halogens is 2. The number of rotatable bonds is 4. The van der Waals surface area contributed by atoms with Crippen molar-refractivity contribution in [2.24, 2.45) is 5.92 Å². The van der Waals surface area contributed by atoms with Crippen molar-refractivity contribution in [2.75, 3.05) is 5.32 Å². The summed E-state index contributed by atoms with van der Waals surface area (Å²) in [7, 11) is 0. The Morgan fingerprint density at radius 1 is 1.20 bits per heavy atom. The van der Waals surface area contributed by atoms with Crippen LogP contribution in [0.2, 0.25) is 0 Å². The van der Waals surface area contributed by atoms with Gasteiger partial charge in [0.2, 0.25) is 5.91 Å². The number of hydrogen-bond donors (Lipinski definition) is 3. The second kappa shape index (κ2) is 8.70. The molecule has 4 rings (SSSR count). The van der Waals surface area contributed by atoms with E-state index >= 15 is 0 Å². The lowest BCUT2D eigenvalue weighted by atomic mass is 9.89. The third-order valence-electron chi connectivity index (χ3n) is 4.96. The number of benzene rings is 1. The maximum atomic E-state index is 12.4. The largest absolute Gasteiger partial charge is 0.345 e. The van der Waals surface area contributed by atoms with Crippen molar-refractivity contribution in [3.05, 3.63) is 36.7 Å². The molecule has 2 unspecified atom stereocenters. The lowest BCUT2D eigenvalue weighted by molar-refractivity contribution is -0.117. The van der Waals surface area contributed by atoms with E-state index in [0.29, 0.717) is 24.4 Å². The molecule has 0 radical (unpaired) electrons. The number of piperidine rings is 1. The molecule has 3 heterocycles. The van der Waals surface area contributed by atoms with E-state index in [-0.39, 0.29) is 30.7 Å². The topological polar surface area (TPSA) is 69.8 Å². The molecule has 2 saturated heterocycles. The van der Waals surface area contributed by atoms with Gasteiger partial charge in [0.15, 0.2) is 0 Å². The number of nitrogens with zero attached hydrogens (tertiary/aromatic N) is 1. The van der Waals surface area contributed by atoms with Gasteiger partial charge in [0.05, 0.1) is 0 Å². The van der Waals surface area contributed by atoms with Gasteiger partial charge in [0, 0.05) is 42.1 Å². The number of imidazole rings is 1. The molecule has 1 aromatic heterocycles. The molecular weight excluding hydrogens is 359 g/mol. The maximum absolute atomic E-state index is 12.4. The fraction of sp³-hybridized carbons (Fsp3) is 0.444. The molecule has 7 heteroatoms. The molecule has 2 aliphatic heterocycles. The Labute approximate surface area is 160 Å². The molecule has 136 valence electrons. The van der Waals surface area contributed by atoms with Gasteiger partial charge in [0.1, 0.15) is 5.82 Å². The van der Waals surface area contributed by atoms with Crippen LogP contribution in [0.1, 0.15) is 32.1 Å². The molecule has 2 atom stereocenters. The molecular formula is C18H24Cl2N4O. The number of H-pyrrole nitrogens is 1. The molecule has 1 aromatic carbocycles. The predicted molar refractivity (Wildman–Crippen MR) is 104 cm³/mol. The molecule has 5 nitrogen and oxygen atoms in total. The highest BCUT2D eigenvalue weighted by atomic mass is 35.5. The quantitative estimate of drug-likeness (QED) is 0.753. The second-order valence-corrected chi connectivity index (χ2v) is 6.75. The fourth-order valence-electron chi connectivity index (χ4n) is 3.98. The van der Waals surface area contributed by atoms with Crippen molar-refractivity contribution in [1.29, 1.82) is 0 Å². The van der Waals surface area contributed by atoms with E-state index in [9.17, 15) is 4.79 Å². The Balaban J connectivity index is 0.00000113. The van der Waals surface area contributed by atoms with Crippen LogP contribution >= 0.6 is 24.8 Å². The summed E-state index contributed by atoms with van der Waals surface area (Å²) in [5.41, 5.74) is 1.81. The molecule has 0 aliphatic carbocycles. The Kier molecular flexibility index (Phi) is 6.87. The summed E-state index contributed by atoms with van der Waals surface area (Å²) in [6, 6.07) is 9.08. The van der Waals surface area contributed by atoms with Crippen molar-refractivity contribution < 1.29 is 4.79 Å². The van der Waals surface area contributed by atoms with Crippen LogP contribution in [0.3, 0.4) is 0 Å². The van der Waals surface area contributed by atoms with E-state index in [1.54, 1.807) is 12.4 Å². The maximum Gasteiger partial charge on any atom is 0.224 e. The van der Waals surface area contributed by atoms with Gasteiger partial charge >= 0.3 is 0 Å². The number of carbonyl (C=O) groups is 1. The third kappa shape index (κ3) is 4.75. The highest BCUT2D eigenvalue weighted by Crippen LogP contribution is 2.32. The van der Waals surface area contributed by atoms with Crippen LogP contribution in [0.4, 0.5) is 5.69 Å². The number of fused-ring (bicyclic) bond motifs is 2.